The molecule has 2 aromatic rings. The van der Waals surface area contributed by atoms with Crippen molar-refractivity contribution in [1.29, 1.82) is 0 Å². The number of aryl methyl sites for hydroxylation is 1. The smallest absolute Gasteiger partial charge is 0.354 e. The van der Waals surface area contributed by atoms with E-state index in [1.54, 1.807) is 6.07 Å². The van der Waals surface area contributed by atoms with Gasteiger partial charge in [0.15, 0.2) is 11.3 Å². The first-order valence-electron chi connectivity index (χ1n) is 5.76. The Balaban J connectivity index is 2.22. The number of aromatic nitrogens is 3. The van der Waals surface area contributed by atoms with E-state index in [0.29, 0.717) is 11.6 Å². The van der Waals surface area contributed by atoms with Crippen molar-refractivity contribution in [1.82, 2.24) is 14.6 Å². The van der Waals surface area contributed by atoms with Gasteiger partial charge in [0.1, 0.15) is 0 Å². The lowest BCUT2D eigenvalue weighted by atomic mass is 9.82. The van der Waals surface area contributed by atoms with E-state index in [0.717, 1.165) is 24.2 Å². The molecule has 1 fully saturated rings. The van der Waals surface area contributed by atoms with Gasteiger partial charge in [-0.2, -0.15) is 5.10 Å². The van der Waals surface area contributed by atoms with Crippen molar-refractivity contribution in [2.24, 2.45) is 0 Å². The summed E-state index contributed by atoms with van der Waals surface area (Å²) in [5.41, 5.74) is 2.50. The first-order chi connectivity index (χ1) is 8.15. The second-order valence-electron chi connectivity index (χ2n) is 4.55. The van der Waals surface area contributed by atoms with Gasteiger partial charge < -0.3 is 5.11 Å². The molecular formula is C12H13N3O2. The average molecular weight is 231 g/mol. The maximum absolute atomic E-state index is 11.2. The molecular weight excluding hydrogens is 218 g/mol. The third-order valence-electron chi connectivity index (χ3n) is 3.31. The normalized spacial score (nSPS) is 16.1. The van der Waals surface area contributed by atoms with Gasteiger partial charge in [0, 0.05) is 17.7 Å². The van der Waals surface area contributed by atoms with Crippen molar-refractivity contribution in [3.8, 4) is 0 Å². The fraction of sp³-hybridized carbons (Fsp3) is 0.417. The summed E-state index contributed by atoms with van der Waals surface area (Å²) in [6, 6.07) is 3.47. The Morgan fingerprint density at radius 2 is 2.24 bits per heavy atom. The summed E-state index contributed by atoms with van der Waals surface area (Å²) in [4.78, 5) is 15.7. The van der Waals surface area contributed by atoms with Crippen LogP contribution in [0.1, 0.15) is 47.1 Å². The minimum Gasteiger partial charge on any atom is -0.477 e. The molecule has 1 aliphatic rings. The fourth-order valence-corrected chi connectivity index (χ4v) is 2.17. The summed E-state index contributed by atoms with van der Waals surface area (Å²) in [6.07, 6.45) is 3.42. The van der Waals surface area contributed by atoms with E-state index in [1.807, 2.05) is 13.0 Å². The van der Waals surface area contributed by atoms with E-state index in [9.17, 15) is 9.90 Å². The Bertz CT molecular complexity index is 599. The van der Waals surface area contributed by atoms with Crippen LogP contribution in [0.2, 0.25) is 0 Å². The summed E-state index contributed by atoms with van der Waals surface area (Å²) in [5.74, 6) is -0.533. The summed E-state index contributed by atoms with van der Waals surface area (Å²) >= 11 is 0. The average Bonchev–Trinajstić information content (AvgIpc) is 2.53. The number of hydrogen-bond acceptors (Lipinski definition) is 3. The van der Waals surface area contributed by atoms with Crippen molar-refractivity contribution in [3.63, 3.8) is 0 Å². The van der Waals surface area contributed by atoms with Gasteiger partial charge in [-0.05, 0) is 25.8 Å². The molecule has 5 nitrogen and oxygen atoms in total. The highest BCUT2D eigenvalue weighted by molar-refractivity contribution is 5.86. The van der Waals surface area contributed by atoms with E-state index in [-0.39, 0.29) is 5.69 Å². The topological polar surface area (TPSA) is 67.5 Å². The van der Waals surface area contributed by atoms with Gasteiger partial charge >= 0.3 is 5.97 Å². The van der Waals surface area contributed by atoms with Crippen molar-refractivity contribution in [3.05, 3.63) is 29.2 Å². The number of carboxylic acid groups (broad SMARTS) is 1. The molecule has 3 rings (SSSR count). The third kappa shape index (κ3) is 1.58. The van der Waals surface area contributed by atoms with Crippen LogP contribution in [0.5, 0.6) is 0 Å². The quantitative estimate of drug-likeness (QED) is 0.858. The van der Waals surface area contributed by atoms with Gasteiger partial charge in [-0.25, -0.2) is 14.3 Å². The van der Waals surface area contributed by atoms with Crippen LogP contribution in [0.4, 0.5) is 0 Å². The van der Waals surface area contributed by atoms with Crippen molar-refractivity contribution >= 4 is 11.6 Å². The van der Waals surface area contributed by atoms with Gasteiger partial charge in [-0.15, -0.1) is 0 Å². The van der Waals surface area contributed by atoms with E-state index < -0.39 is 5.97 Å². The maximum Gasteiger partial charge on any atom is 0.354 e. The molecule has 17 heavy (non-hydrogen) atoms. The molecule has 1 N–H and O–H groups in total. The SMILES string of the molecule is Cc1cc2nc(C3CCC3)cc(C(=O)O)n2n1. The standard InChI is InChI=1S/C12H13N3O2/c1-7-5-11-13-9(8-3-2-4-8)6-10(12(16)17)15(11)14-7/h5-6,8H,2-4H2,1H3,(H,16,17). The molecule has 0 aliphatic heterocycles. The zero-order valence-electron chi connectivity index (χ0n) is 9.55. The van der Waals surface area contributed by atoms with E-state index >= 15 is 0 Å². The first-order valence-corrected chi connectivity index (χ1v) is 5.76. The Morgan fingerprint density at radius 1 is 1.47 bits per heavy atom. The molecule has 0 bridgehead atoms. The largest absolute Gasteiger partial charge is 0.477 e. The number of aromatic carboxylic acids is 1. The number of fused-ring (bicyclic) bond motifs is 1. The van der Waals surface area contributed by atoms with Crippen LogP contribution in [0.15, 0.2) is 12.1 Å². The molecule has 2 heterocycles. The van der Waals surface area contributed by atoms with Crippen LogP contribution in [0.3, 0.4) is 0 Å². The lowest BCUT2D eigenvalue weighted by Gasteiger charge is -2.24. The molecule has 0 aromatic carbocycles. The van der Waals surface area contributed by atoms with Crippen LogP contribution < -0.4 is 0 Å². The minimum atomic E-state index is -0.957. The Labute approximate surface area is 98.1 Å². The third-order valence-corrected chi connectivity index (χ3v) is 3.31. The van der Waals surface area contributed by atoms with Crippen LogP contribution in [0.25, 0.3) is 5.65 Å². The molecule has 2 aromatic heterocycles. The molecule has 0 spiro atoms. The summed E-state index contributed by atoms with van der Waals surface area (Å²) in [5, 5.41) is 13.4. The van der Waals surface area contributed by atoms with Crippen LogP contribution in [0, 0.1) is 6.92 Å². The molecule has 0 unspecified atom stereocenters. The number of hydrogen-bond donors (Lipinski definition) is 1. The zero-order chi connectivity index (χ0) is 12.0. The number of carboxylic acids is 1. The second kappa shape index (κ2) is 3.55. The first kappa shape index (κ1) is 10.3. The molecule has 0 amide bonds. The molecule has 0 saturated heterocycles. The summed E-state index contributed by atoms with van der Waals surface area (Å²) in [7, 11) is 0. The highest BCUT2D eigenvalue weighted by Crippen LogP contribution is 2.35. The molecule has 5 heteroatoms. The molecule has 0 radical (unpaired) electrons. The maximum atomic E-state index is 11.2. The second-order valence-corrected chi connectivity index (χ2v) is 4.55. The summed E-state index contributed by atoms with van der Waals surface area (Å²) in [6.45, 7) is 1.84. The van der Waals surface area contributed by atoms with Gasteiger partial charge in [0.25, 0.3) is 0 Å². The van der Waals surface area contributed by atoms with E-state index in [1.165, 1.54) is 10.9 Å². The van der Waals surface area contributed by atoms with Gasteiger partial charge in [-0.1, -0.05) is 6.42 Å². The Morgan fingerprint density at radius 3 is 2.82 bits per heavy atom. The monoisotopic (exact) mass is 231 g/mol. The number of carbonyl (C=O) groups is 1. The van der Waals surface area contributed by atoms with Crippen LogP contribution in [-0.4, -0.2) is 25.7 Å². The molecule has 1 saturated carbocycles. The highest BCUT2D eigenvalue weighted by Gasteiger charge is 2.23. The summed E-state index contributed by atoms with van der Waals surface area (Å²) < 4.78 is 1.40. The lowest BCUT2D eigenvalue weighted by Crippen LogP contribution is -2.15. The van der Waals surface area contributed by atoms with Crippen LogP contribution >= 0.6 is 0 Å². The Kier molecular flexibility index (Phi) is 2.14. The van der Waals surface area contributed by atoms with Crippen LogP contribution in [-0.2, 0) is 0 Å². The fourth-order valence-electron chi connectivity index (χ4n) is 2.17. The number of rotatable bonds is 2. The number of nitrogens with zero attached hydrogens (tertiary/aromatic N) is 3. The Hall–Kier alpha value is -1.91. The molecule has 88 valence electrons. The predicted molar refractivity (Wildman–Crippen MR) is 61.3 cm³/mol. The van der Waals surface area contributed by atoms with Crippen molar-refractivity contribution in [2.45, 2.75) is 32.1 Å². The zero-order valence-corrected chi connectivity index (χ0v) is 9.55. The minimum absolute atomic E-state index is 0.199. The molecule has 0 atom stereocenters. The highest BCUT2D eigenvalue weighted by atomic mass is 16.4. The van der Waals surface area contributed by atoms with Gasteiger partial charge in [0.2, 0.25) is 0 Å². The van der Waals surface area contributed by atoms with E-state index in [4.69, 9.17) is 0 Å². The van der Waals surface area contributed by atoms with Crippen molar-refractivity contribution in [2.75, 3.05) is 0 Å². The predicted octanol–water partition coefficient (Wildman–Crippen LogP) is 2.00. The van der Waals surface area contributed by atoms with Gasteiger partial charge in [0.05, 0.1) is 5.69 Å². The van der Waals surface area contributed by atoms with E-state index in [2.05, 4.69) is 10.1 Å². The van der Waals surface area contributed by atoms with Gasteiger partial charge in [-0.3, -0.25) is 0 Å². The van der Waals surface area contributed by atoms with Crippen molar-refractivity contribution < 1.29 is 9.90 Å². The molecule has 1 aliphatic carbocycles. The lowest BCUT2D eigenvalue weighted by molar-refractivity contribution is 0.0687.